The van der Waals surface area contributed by atoms with Gasteiger partial charge in [0.05, 0.1) is 5.60 Å². The summed E-state index contributed by atoms with van der Waals surface area (Å²) < 4.78 is 101. The molecule has 2 fully saturated rings. The van der Waals surface area contributed by atoms with Crippen molar-refractivity contribution in [2.45, 2.75) is 56.0 Å². The summed E-state index contributed by atoms with van der Waals surface area (Å²) in [5, 5.41) is 25.0. The molecule has 0 amide bonds. The number of halogens is 9. The summed E-state index contributed by atoms with van der Waals surface area (Å²) in [5.41, 5.74) is 1.32. The summed E-state index contributed by atoms with van der Waals surface area (Å²) in [6.45, 7) is 3.91. The van der Waals surface area contributed by atoms with Crippen LogP contribution >= 0.6 is 0 Å². The van der Waals surface area contributed by atoms with Crippen LogP contribution in [0.15, 0.2) is 48.9 Å². The van der Waals surface area contributed by atoms with Crippen molar-refractivity contribution in [1.29, 1.82) is 0 Å². The van der Waals surface area contributed by atoms with E-state index in [4.69, 9.17) is 34.4 Å². The molecule has 0 radical (unpaired) electrons. The number of nitrogens with one attached hydrogen (secondary N) is 1. The lowest BCUT2D eigenvalue weighted by atomic mass is 9.89. The number of alkyl halides is 9. The molecular formula is C25H27F9N4O7. The Morgan fingerprint density at radius 2 is 1.38 bits per heavy atom. The number of aromatic nitrogens is 2. The van der Waals surface area contributed by atoms with Crippen LogP contribution < -0.4 is 5.32 Å². The van der Waals surface area contributed by atoms with E-state index in [9.17, 15) is 39.5 Å². The number of anilines is 1. The van der Waals surface area contributed by atoms with E-state index in [0.717, 1.165) is 51.3 Å². The van der Waals surface area contributed by atoms with E-state index in [1.54, 1.807) is 0 Å². The van der Waals surface area contributed by atoms with Gasteiger partial charge in [0.1, 0.15) is 5.82 Å². The van der Waals surface area contributed by atoms with Gasteiger partial charge in [-0.15, -0.1) is 0 Å². The average molecular weight is 666 g/mol. The maximum atomic E-state index is 10.6. The van der Waals surface area contributed by atoms with Gasteiger partial charge in [-0.05, 0) is 49.1 Å². The Morgan fingerprint density at radius 3 is 1.82 bits per heavy atom. The predicted octanol–water partition coefficient (Wildman–Crippen LogP) is 4.61. The van der Waals surface area contributed by atoms with Crippen LogP contribution in [0.25, 0.3) is 0 Å². The molecule has 2 saturated heterocycles. The van der Waals surface area contributed by atoms with Crippen molar-refractivity contribution in [3.05, 3.63) is 54.5 Å². The molecule has 2 aliphatic heterocycles. The van der Waals surface area contributed by atoms with Crippen molar-refractivity contribution < 1.29 is 74.0 Å². The molecule has 0 saturated carbocycles. The minimum Gasteiger partial charge on any atom is -0.475 e. The number of carboxylic acids is 3. The van der Waals surface area contributed by atoms with E-state index in [1.807, 2.05) is 36.8 Å². The highest BCUT2D eigenvalue weighted by molar-refractivity contribution is 5.73. The van der Waals surface area contributed by atoms with Crippen LogP contribution in [0.4, 0.5) is 45.3 Å². The quantitative estimate of drug-likeness (QED) is 0.337. The number of rotatable bonds is 4. The predicted molar refractivity (Wildman–Crippen MR) is 135 cm³/mol. The third-order valence-corrected chi connectivity index (χ3v) is 5.79. The monoisotopic (exact) mass is 666 g/mol. The number of carboxylic acid groups (broad SMARTS) is 3. The van der Waals surface area contributed by atoms with Gasteiger partial charge < -0.3 is 25.4 Å². The summed E-state index contributed by atoms with van der Waals surface area (Å²) in [4.78, 5) is 37.7. The molecule has 0 aromatic carbocycles. The van der Waals surface area contributed by atoms with Crippen LogP contribution in [-0.2, 0) is 25.7 Å². The van der Waals surface area contributed by atoms with Gasteiger partial charge in [-0.25, -0.2) is 19.4 Å². The molecule has 20 heteroatoms. The van der Waals surface area contributed by atoms with Gasteiger partial charge in [-0.3, -0.25) is 9.88 Å². The highest BCUT2D eigenvalue weighted by atomic mass is 19.4. The fourth-order valence-corrected chi connectivity index (χ4v) is 3.90. The van der Waals surface area contributed by atoms with Gasteiger partial charge in [-0.2, -0.15) is 39.5 Å². The van der Waals surface area contributed by atoms with Crippen molar-refractivity contribution in [1.82, 2.24) is 14.9 Å². The van der Waals surface area contributed by atoms with Crippen molar-refractivity contribution in [2.24, 2.45) is 0 Å². The first kappa shape index (κ1) is 38.8. The molecule has 2 aromatic heterocycles. The van der Waals surface area contributed by atoms with Crippen LogP contribution in [-0.4, -0.2) is 98.0 Å². The first-order valence-electron chi connectivity index (χ1n) is 12.5. The Labute approximate surface area is 248 Å². The normalized spacial score (nSPS) is 19.9. The van der Waals surface area contributed by atoms with Crippen LogP contribution in [0.5, 0.6) is 0 Å². The molecular weight excluding hydrogens is 639 g/mol. The number of pyridine rings is 2. The lowest BCUT2D eigenvalue weighted by Gasteiger charge is -2.38. The number of ether oxygens (including phenoxy) is 1. The molecule has 1 spiro atoms. The van der Waals surface area contributed by atoms with Crippen molar-refractivity contribution in [3.8, 4) is 0 Å². The third kappa shape index (κ3) is 15.4. The van der Waals surface area contributed by atoms with Gasteiger partial charge in [0.2, 0.25) is 0 Å². The first-order valence-corrected chi connectivity index (χ1v) is 12.5. The molecule has 2 aliphatic rings. The number of nitrogens with zero attached hydrogens (tertiary/aromatic N) is 3. The van der Waals surface area contributed by atoms with Gasteiger partial charge in [0.15, 0.2) is 0 Å². The van der Waals surface area contributed by atoms with E-state index >= 15 is 0 Å². The number of hydrogen-bond donors (Lipinski definition) is 4. The Morgan fingerprint density at radius 1 is 0.867 bits per heavy atom. The van der Waals surface area contributed by atoms with Crippen molar-refractivity contribution >= 4 is 23.7 Å². The van der Waals surface area contributed by atoms with E-state index in [0.29, 0.717) is 6.04 Å². The molecule has 45 heavy (non-hydrogen) atoms. The molecule has 0 aliphatic carbocycles. The Bertz CT molecular complexity index is 1160. The maximum Gasteiger partial charge on any atom is 0.490 e. The fourth-order valence-electron chi connectivity index (χ4n) is 3.90. The summed E-state index contributed by atoms with van der Waals surface area (Å²) >= 11 is 0. The highest BCUT2D eigenvalue weighted by Gasteiger charge is 2.43. The molecule has 4 heterocycles. The topological polar surface area (TPSA) is 162 Å². The molecule has 2 aromatic rings. The van der Waals surface area contributed by atoms with Gasteiger partial charge in [0, 0.05) is 50.9 Å². The summed E-state index contributed by atoms with van der Waals surface area (Å²) in [6.07, 6.45) is -6.47. The second-order valence-electron chi connectivity index (χ2n) is 9.31. The number of likely N-dealkylation sites (tertiary alicyclic amines) is 1. The van der Waals surface area contributed by atoms with E-state index in [-0.39, 0.29) is 5.60 Å². The largest absolute Gasteiger partial charge is 0.490 e. The van der Waals surface area contributed by atoms with E-state index < -0.39 is 36.4 Å². The molecule has 2 atom stereocenters. The molecule has 252 valence electrons. The first-order chi connectivity index (χ1) is 20.6. The zero-order valence-corrected chi connectivity index (χ0v) is 22.9. The number of hydrogen-bond acceptors (Lipinski definition) is 8. The van der Waals surface area contributed by atoms with E-state index in [2.05, 4.69) is 32.3 Å². The van der Waals surface area contributed by atoms with Crippen LogP contribution in [0, 0.1) is 0 Å². The summed E-state index contributed by atoms with van der Waals surface area (Å²) in [7, 11) is 0. The van der Waals surface area contributed by atoms with Crippen molar-refractivity contribution in [3.63, 3.8) is 0 Å². The smallest absolute Gasteiger partial charge is 0.475 e. The Balaban J connectivity index is 0.000000396. The third-order valence-electron chi connectivity index (χ3n) is 5.79. The Kier molecular flexibility index (Phi) is 14.5. The van der Waals surface area contributed by atoms with Crippen LogP contribution in [0.2, 0.25) is 0 Å². The van der Waals surface area contributed by atoms with Crippen LogP contribution in [0.3, 0.4) is 0 Å². The maximum absolute atomic E-state index is 10.6. The minimum atomic E-state index is -5.08. The second kappa shape index (κ2) is 16.8. The minimum absolute atomic E-state index is 0.00225. The lowest BCUT2D eigenvalue weighted by molar-refractivity contribution is -0.193. The van der Waals surface area contributed by atoms with Crippen molar-refractivity contribution in [2.75, 3.05) is 25.0 Å². The molecule has 0 unspecified atom stereocenters. The molecule has 4 N–H and O–H groups in total. The average Bonchev–Trinajstić information content (AvgIpc) is 3.30. The lowest BCUT2D eigenvalue weighted by Crippen LogP contribution is -2.46. The molecule has 0 bridgehead atoms. The zero-order chi connectivity index (χ0) is 34.5. The SMILES string of the molecule is O=C(O)C(F)(F)F.O=C(O)C(F)(F)F.O=C(O)C(F)(F)F.c1ccc(N[C@@H]2CCO[C@]3(CCN(Cc4ccncc4)C3)C2)nc1. The van der Waals surface area contributed by atoms with E-state index in [1.165, 1.54) is 5.56 Å². The van der Waals surface area contributed by atoms with Gasteiger partial charge >= 0.3 is 36.4 Å². The van der Waals surface area contributed by atoms with Crippen LogP contribution in [0.1, 0.15) is 24.8 Å². The van der Waals surface area contributed by atoms with Gasteiger partial charge in [0.25, 0.3) is 0 Å². The zero-order valence-electron chi connectivity index (χ0n) is 22.9. The molecule has 11 nitrogen and oxygen atoms in total. The number of carbonyl (C=O) groups is 3. The highest BCUT2D eigenvalue weighted by Crippen LogP contribution is 2.35. The fraction of sp³-hybridized carbons (Fsp3) is 0.480. The summed E-state index contributed by atoms with van der Waals surface area (Å²) in [5.74, 6) is -7.31. The standard InChI is InChI=1S/C19H24N4O.3C2HF3O2/c1-2-8-21-18(3-1)22-17-6-12-24-19(13-17)7-11-23(15-19)14-16-4-9-20-10-5-16;3*3-2(4,5)1(6)7/h1-5,8-10,17H,6-7,11-15H2,(H,21,22);3*(H,6,7)/t17-,19-;;;/m1.../s1. The Hall–Kier alpha value is -4.20. The number of aliphatic carboxylic acids is 3. The van der Waals surface area contributed by atoms with Gasteiger partial charge in [-0.1, -0.05) is 6.07 Å². The molecule has 4 rings (SSSR count). The summed E-state index contributed by atoms with van der Waals surface area (Å²) in [6, 6.07) is 10.6. The second-order valence-corrected chi connectivity index (χ2v) is 9.31.